The third kappa shape index (κ3) is 3.12. The number of hydrogen-bond acceptors (Lipinski definition) is 1. The second kappa shape index (κ2) is 6.19. The number of aromatic nitrogens is 3. The zero-order chi connectivity index (χ0) is 19.3. The molecule has 4 rings (SSSR count). The monoisotopic (exact) mass is 358 g/mol. The van der Waals surface area contributed by atoms with Crippen molar-refractivity contribution >= 4 is 16.7 Å². The first-order chi connectivity index (χ1) is 12.7. The first-order valence-corrected chi connectivity index (χ1v) is 9.60. The molecule has 0 aliphatic carbocycles. The highest BCUT2D eigenvalue weighted by Crippen LogP contribution is 2.30. The Kier molecular flexibility index (Phi) is 4.06. The van der Waals surface area contributed by atoms with E-state index in [9.17, 15) is 0 Å². The van der Waals surface area contributed by atoms with Gasteiger partial charge in [0.2, 0.25) is 5.69 Å². The summed E-state index contributed by atoms with van der Waals surface area (Å²) < 4.78 is 4.40. The Morgan fingerprint density at radius 3 is 2.59 bits per heavy atom. The number of fused-ring (bicyclic) bond motifs is 3. The molecule has 3 heteroatoms. The Morgan fingerprint density at radius 1 is 1.07 bits per heavy atom. The molecule has 0 fully saturated rings. The molecule has 0 aliphatic rings. The first-order valence-electron chi connectivity index (χ1n) is 9.60. The molecule has 138 valence electrons. The lowest BCUT2D eigenvalue weighted by molar-refractivity contribution is -0.660. The zero-order valence-corrected chi connectivity index (χ0v) is 17.2. The Hall–Kier alpha value is -2.68. The molecule has 0 radical (unpaired) electrons. The standard InChI is InChI=1S/C24H28N3/c1-16-15-26(6)21(13-18(16)14-24(3,4)5)19-10-11-20-23(17(19)2)25-22-9-7-8-12-27(20)22/h7-13,15H,14H2,1-6H3/q+1. The van der Waals surface area contributed by atoms with Gasteiger partial charge in [-0.3, -0.25) is 4.40 Å². The van der Waals surface area contributed by atoms with E-state index < -0.39 is 0 Å². The maximum Gasteiger partial charge on any atom is 0.212 e. The summed E-state index contributed by atoms with van der Waals surface area (Å²) in [5.41, 5.74) is 10.0. The van der Waals surface area contributed by atoms with Crippen LogP contribution in [0.4, 0.5) is 0 Å². The summed E-state index contributed by atoms with van der Waals surface area (Å²) in [5.74, 6) is 0. The van der Waals surface area contributed by atoms with Gasteiger partial charge in [-0.25, -0.2) is 9.55 Å². The molecule has 4 aromatic rings. The van der Waals surface area contributed by atoms with Gasteiger partial charge in [-0.1, -0.05) is 26.8 Å². The van der Waals surface area contributed by atoms with E-state index in [1.807, 2.05) is 6.07 Å². The van der Waals surface area contributed by atoms with Gasteiger partial charge in [0.15, 0.2) is 6.20 Å². The van der Waals surface area contributed by atoms with Crippen molar-refractivity contribution < 1.29 is 4.57 Å². The third-order valence-electron chi connectivity index (χ3n) is 5.32. The van der Waals surface area contributed by atoms with E-state index in [1.165, 1.54) is 27.9 Å². The van der Waals surface area contributed by atoms with E-state index in [2.05, 4.69) is 93.4 Å². The van der Waals surface area contributed by atoms with Gasteiger partial charge in [0, 0.05) is 17.8 Å². The lowest BCUT2D eigenvalue weighted by atomic mass is 9.86. The molecular formula is C24H28N3+. The minimum Gasteiger partial charge on any atom is -0.300 e. The van der Waals surface area contributed by atoms with Crippen LogP contribution in [0.25, 0.3) is 27.9 Å². The highest BCUT2D eigenvalue weighted by molar-refractivity contribution is 5.88. The van der Waals surface area contributed by atoms with E-state index in [4.69, 9.17) is 4.98 Å². The lowest BCUT2D eigenvalue weighted by Gasteiger charge is -2.19. The van der Waals surface area contributed by atoms with Gasteiger partial charge in [0.25, 0.3) is 0 Å². The van der Waals surface area contributed by atoms with Crippen LogP contribution < -0.4 is 4.57 Å². The van der Waals surface area contributed by atoms with E-state index in [1.54, 1.807) is 0 Å². The van der Waals surface area contributed by atoms with Gasteiger partial charge in [-0.05, 0) is 61.1 Å². The summed E-state index contributed by atoms with van der Waals surface area (Å²) in [6.07, 6.45) is 5.41. The van der Waals surface area contributed by atoms with Crippen LogP contribution in [0.15, 0.2) is 48.8 Å². The number of pyridine rings is 2. The second-order valence-corrected chi connectivity index (χ2v) is 8.86. The summed E-state index contributed by atoms with van der Waals surface area (Å²) in [4.78, 5) is 4.88. The molecule has 0 N–H and O–H groups in total. The molecule has 0 unspecified atom stereocenters. The summed E-state index contributed by atoms with van der Waals surface area (Å²) in [6, 6.07) is 13.0. The van der Waals surface area contributed by atoms with Crippen LogP contribution >= 0.6 is 0 Å². The molecular weight excluding hydrogens is 330 g/mol. The summed E-state index contributed by atoms with van der Waals surface area (Å²) in [7, 11) is 2.14. The second-order valence-electron chi connectivity index (χ2n) is 8.86. The number of rotatable bonds is 2. The van der Waals surface area contributed by atoms with Crippen molar-refractivity contribution in [3.8, 4) is 11.3 Å². The fourth-order valence-corrected chi connectivity index (χ4v) is 4.00. The fraction of sp³-hybridized carbons (Fsp3) is 0.333. The number of hydrogen-bond donors (Lipinski definition) is 0. The maximum atomic E-state index is 4.88. The molecule has 0 amide bonds. The van der Waals surface area contributed by atoms with Crippen LogP contribution in [0.1, 0.15) is 37.5 Å². The minimum absolute atomic E-state index is 0.266. The quantitative estimate of drug-likeness (QED) is 0.452. The summed E-state index contributed by atoms with van der Waals surface area (Å²) >= 11 is 0. The molecule has 3 heterocycles. The van der Waals surface area contributed by atoms with Crippen molar-refractivity contribution in [2.24, 2.45) is 12.5 Å². The van der Waals surface area contributed by atoms with Crippen LogP contribution in [0.3, 0.4) is 0 Å². The number of benzene rings is 1. The lowest BCUT2D eigenvalue weighted by Crippen LogP contribution is -2.32. The number of nitrogens with zero attached hydrogens (tertiary/aromatic N) is 3. The fourth-order valence-electron chi connectivity index (χ4n) is 4.00. The molecule has 0 aliphatic heterocycles. The van der Waals surface area contributed by atoms with E-state index in [-0.39, 0.29) is 5.41 Å². The highest BCUT2D eigenvalue weighted by atomic mass is 15.0. The SMILES string of the molecule is Cc1c[n+](C)c(-c2ccc3c(nc4ccccn43)c2C)cc1CC(C)(C)C. The first kappa shape index (κ1) is 17.7. The largest absolute Gasteiger partial charge is 0.300 e. The Labute approximate surface area is 161 Å². The van der Waals surface area contributed by atoms with E-state index >= 15 is 0 Å². The molecule has 27 heavy (non-hydrogen) atoms. The van der Waals surface area contributed by atoms with Gasteiger partial charge in [-0.2, -0.15) is 0 Å². The Balaban J connectivity index is 1.93. The minimum atomic E-state index is 0.266. The molecule has 0 spiro atoms. The average Bonchev–Trinajstić information content (AvgIpc) is 2.97. The van der Waals surface area contributed by atoms with Gasteiger partial charge >= 0.3 is 0 Å². The molecule has 3 aromatic heterocycles. The third-order valence-corrected chi connectivity index (χ3v) is 5.32. The zero-order valence-electron chi connectivity index (χ0n) is 17.2. The van der Waals surface area contributed by atoms with Gasteiger partial charge in [0.1, 0.15) is 12.7 Å². The molecule has 1 aromatic carbocycles. The van der Waals surface area contributed by atoms with Crippen LogP contribution in [0.5, 0.6) is 0 Å². The van der Waals surface area contributed by atoms with Crippen molar-refractivity contribution in [1.29, 1.82) is 0 Å². The molecule has 0 saturated carbocycles. The highest BCUT2D eigenvalue weighted by Gasteiger charge is 2.21. The summed E-state index contributed by atoms with van der Waals surface area (Å²) in [5, 5.41) is 0. The van der Waals surface area contributed by atoms with Gasteiger partial charge in [0.05, 0.1) is 16.6 Å². The predicted molar refractivity (Wildman–Crippen MR) is 112 cm³/mol. The van der Waals surface area contributed by atoms with Crippen LogP contribution in [0, 0.1) is 19.3 Å². The van der Waals surface area contributed by atoms with Gasteiger partial charge in [-0.15, -0.1) is 0 Å². The van der Waals surface area contributed by atoms with Crippen molar-refractivity contribution in [3.63, 3.8) is 0 Å². The Morgan fingerprint density at radius 2 is 1.85 bits per heavy atom. The van der Waals surface area contributed by atoms with Crippen molar-refractivity contribution in [2.45, 2.75) is 41.0 Å². The van der Waals surface area contributed by atoms with Crippen LogP contribution in [-0.2, 0) is 13.5 Å². The van der Waals surface area contributed by atoms with Crippen molar-refractivity contribution in [2.75, 3.05) is 0 Å². The van der Waals surface area contributed by atoms with E-state index in [0.717, 1.165) is 23.1 Å². The Bertz CT molecular complexity index is 1160. The number of aryl methyl sites for hydroxylation is 3. The van der Waals surface area contributed by atoms with Gasteiger partial charge < -0.3 is 0 Å². The average molecular weight is 359 g/mol. The predicted octanol–water partition coefficient (Wildman–Crippen LogP) is 5.18. The van der Waals surface area contributed by atoms with E-state index in [0.29, 0.717) is 0 Å². The molecule has 3 nitrogen and oxygen atoms in total. The van der Waals surface area contributed by atoms with Crippen molar-refractivity contribution in [3.05, 3.63) is 65.5 Å². The summed E-state index contributed by atoms with van der Waals surface area (Å²) in [6.45, 7) is 11.3. The van der Waals surface area contributed by atoms with Crippen molar-refractivity contribution in [1.82, 2.24) is 9.38 Å². The smallest absolute Gasteiger partial charge is 0.212 e. The topological polar surface area (TPSA) is 21.2 Å². The van der Waals surface area contributed by atoms with Crippen LogP contribution in [-0.4, -0.2) is 9.38 Å². The molecule has 0 bridgehead atoms. The molecule has 0 atom stereocenters. The van der Waals surface area contributed by atoms with Crippen LogP contribution in [0.2, 0.25) is 0 Å². The molecule has 0 saturated heterocycles. The maximum absolute atomic E-state index is 4.88. The normalized spacial score (nSPS) is 12.2. The number of imidazole rings is 1.